The van der Waals surface area contributed by atoms with Crippen LogP contribution >= 0.6 is 11.3 Å². The third-order valence-corrected chi connectivity index (χ3v) is 2.59. The first kappa shape index (κ1) is 10.5. The van der Waals surface area contributed by atoms with E-state index in [2.05, 4.69) is 15.0 Å². The van der Waals surface area contributed by atoms with Crippen molar-refractivity contribution in [1.29, 1.82) is 0 Å². The number of carbonyl (C=O) groups is 1. The SMILES string of the molecule is O=C(O)c1nc(Cc2nccs2)cc(=O)[nH]1. The van der Waals surface area contributed by atoms with Crippen LogP contribution in [-0.4, -0.2) is 26.0 Å². The Labute approximate surface area is 93.6 Å². The van der Waals surface area contributed by atoms with Crippen LogP contribution in [0.1, 0.15) is 21.3 Å². The molecule has 0 atom stereocenters. The number of aromatic amines is 1. The normalized spacial score (nSPS) is 10.2. The molecule has 2 aromatic heterocycles. The highest BCUT2D eigenvalue weighted by atomic mass is 32.1. The van der Waals surface area contributed by atoms with Crippen LogP contribution in [0.5, 0.6) is 0 Å². The van der Waals surface area contributed by atoms with E-state index in [4.69, 9.17) is 5.11 Å². The summed E-state index contributed by atoms with van der Waals surface area (Å²) in [7, 11) is 0. The minimum Gasteiger partial charge on any atom is -0.475 e. The molecule has 0 amide bonds. The van der Waals surface area contributed by atoms with Crippen LogP contribution in [0.2, 0.25) is 0 Å². The molecule has 0 aliphatic carbocycles. The lowest BCUT2D eigenvalue weighted by molar-refractivity contribution is 0.0682. The standard InChI is InChI=1S/C9H7N3O3S/c13-6-3-5(4-7-10-1-2-16-7)11-8(12-6)9(14)15/h1-3H,4H2,(H,14,15)(H,11,12,13). The van der Waals surface area contributed by atoms with E-state index in [1.165, 1.54) is 17.4 Å². The largest absolute Gasteiger partial charge is 0.475 e. The highest BCUT2D eigenvalue weighted by Gasteiger charge is 2.09. The maximum Gasteiger partial charge on any atom is 0.372 e. The van der Waals surface area contributed by atoms with Crippen LogP contribution < -0.4 is 5.56 Å². The molecule has 6 nitrogen and oxygen atoms in total. The topological polar surface area (TPSA) is 95.9 Å². The molecule has 2 rings (SSSR count). The van der Waals surface area contributed by atoms with Crippen LogP contribution in [0.15, 0.2) is 22.4 Å². The summed E-state index contributed by atoms with van der Waals surface area (Å²) in [5, 5.41) is 11.3. The fraction of sp³-hybridized carbons (Fsp3) is 0.111. The zero-order chi connectivity index (χ0) is 11.5. The molecule has 0 unspecified atom stereocenters. The molecule has 16 heavy (non-hydrogen) atoms. The number of nitrogens with one attached hydrogen (secondary N) is 1. The summed E-state index contributed by atoms with van der Waals surface area (Å²) in [5.41, 5.74) is -0.0740. The molecule has 0 spiro atoms. The number of hydrogen-bond donors (Lipinski definition) is 2. The van der Waals surface area contributed by atoms with Crippen LogP contribution in [0.4, 0.5) is 0 Å². The average molecular weight is 237 g/mol. The van der Waals surface area contributed by atoms with Gasteiger partial charge in [-0.2, -0.15) is 0 Å². The molecule has 0 radical (unpaired) electrons. The van der Waals surface area contributed by atoms with Crippen LogP contribution in [0, 0.1) is 0 Å². The van der Waals surface area contributed by atoms with Gasteiger partial charge in [0.1, 0.15) is 0 Å². The summed E-state index contributed by atoms with van der Waals surface area (Å²) >= 11 is 1.43. The zero-order valence-corrected chi connectivity index (χ0v) is 8.82. The number of rotatable bonds is 3. The number of carboxylic acids is 1. The molecule has 2 heterocycles. The third kappa shape index (κ3) is 2.31. The molecule has 0 aliphatic heterocycles. The first-order valence-corrected chi connectivity index (χ1v) is 5.25. The highest BCUT2D eigenvalue weighted by molar-refractivity contribution is 7.09. The summed E-state index contributed by atoms with van der Waals surface area (Å²) in [6, 6.07) is 1.27. The van der Waals surface area contributed by atoms with Gasteiger partial charge in [0, 0.05) is 24.1 Å². The van der Waals surface area contributed by atoms with Gasteiger partial charge in [0.25, 0.3) is 5.56 Å². The second kappa shape index (κ2) is 4.23. The molecule has 82 valence electrons. The second-order valence-corrected chi connectivity index (χ2v) is 3.97. The highest BCUT2D eigenvalue weighted by Crippen LogP contribution is 2.08. The van der Waals surface area contributed by atoms with Gasteiger partial charge >= 0.3 is 5.97 Å². The van der Waals surface area contributed by atoms with Gasteiger partial charge < -0.3 is 10.1 Å². The number of aromatic nitrogens is 3. The number of hydrogen-bond acceptors (Lipinski definition) is 5. The van der Waals surface area contributed by atoms with E-state index in [-0.39, 0.29) is 5.82 Å². The molecular formula is C9H7N3O3S. The average Bonchev–Trinajstić information content (AvgIpc) is 2.69. The van der Waals surface area contributed by atoms with E-state index < -0.39 is 11.5 Å². The lowest BCUT2D eigenvalue weighted by Crippen LogP contribution is -2.16. The Morgan fingerprint density at radius 2 is 2.38 bits per heavy atom. The zero-order valence-electron chi connectivity index (χ0n) is 8.01. The predicted octanol–water partition coefficient (Wildman–Crippen LogP) is 0.515. The molecular weight excluding hydrogens is 230 g/mol. The van der Waals surface area contributed by atoms with Crippen molar-refractivity contribution in [2.75, 3.05) is 0 Å². The minimum absolute atomic E-state index is 0.348. The smallest absolute Gasteiger partial charge is 0.372 e. The second-order valence-electron chi connectivity index (χ2n) is 2.99. The predicted molar refractivity (Wildman–Crippen MR) is 56.7 cm³/mol. The van der Waals surface area contributed by atoms with Crippen molar-refractivity contribution in [3.8, 4) is 0 Å². The first-order valence-electron chi connectivity index (χ1n) is 4.37. The lowest BCUT2D eigenvalue weighted by Gasteiger charge is -1.98. The number of H-pyrrole nitrogens is 1. The molecule has 0 saturated carbocycles. The van der Waals surface area contributed by atoms with Crippen molar-refractivity contribution in [3.05, 3.63) is 44.5 Å². The molecule has 7 heteroatoms. The van der Waals surface area contributed by atoms with Crippen molar-refractivity contribution in [3.63, 3.8) is 0 Å². The Morgan fingerprint density at radius 1 is 1.56 bits per heavy atom. The molecule has 2 N–H and O–H groups in total. The Bertz CT molecular complexity index is 562. The summed E-state index contributed by atoms with van der Waals surface area (Å²) in [5.74, 6) is -1.60. The van der Waals surface area contributed by atoms with Crippen molar-refractivity contribution < 1.29 is 9.90 Å². The Morgan fingerprint density at radius 3 is 3.00 bits per heavy atom. The van der Waals surface area contributed by atoms with Gasteiger partial charge in [0.15, 0.2) is 0 Å². The molecule has 2 aromatic rings. The summed E-state index contributed by atoms with van der Waals surface area (Å²) < 4.78 is 0. The number of aromatic carboxylic acids is 1. The van der Waals surface area contributed by atoms with E-state index in [1.807, 2.05) is 0 Å². The van der Waals surface area contributed by atoms with Gasteiger partial charge in [-0.3, -0.25) is 4.79 Å². The fourth-order valence-electron chi connectivity index (χ4n) is 1.19. The summed E-state index contributed by atoms with van der Waals surface area (Å²) in [4.78, 5) is 31.8. The van der Waals surface area contributed by atoms with Crippen molar-refractivity contribution >= 4 is 17.3 Å². The van der Waals surface area contributed by atoms with Crippen molar-refractivity contribution in [1.82, 2.24) is 15.0 Å². The van der Waals surface area contributed by atoms with Gasteiger partial charge in [-0.25, -0.2) is 14.8 Å². The van der Waals surface area contributed by atoms with Crippen molar-refractivity contribution in [2.24, 2.45) is 0 Å². The van der Waals surface area contributed by atoms with E-state index >= 15 is 0 Å². The van der Waals surface area contributed by atoms with Gasteiger partial charge in [0.05, 0.1) is 10.7 Å². The summed E-state index contributed by atoms with van der Waals surface area (Å²) in [6.45, 7) is 0. The van der Waals surface area contributed by atoms with E-state index in [9.17, 15) is 9.59 Å². The van der Waals surface area contributed by atoms with Crippen LogP contribution in [-0.2, 0) is 6.42 Å². The maximum atomic E-state index is 11.2. The first-order chi connectivity index (χ1) is 7.65. The van der Waals surface area contributed by atoms with Crippen LogP contribution in [0.25, 0.3) is 0 Å². The van der Waals surface area contributed by atoms with Gasteiger partial charge in [-0.05, 0) is 0 Å². The molecule has 0 fully saturated rings. The van der Waals surface area contributed by atoms with Gasteiger partial charge in [0.2, 0.25) is 5.82 Å². The van der Waals surface area contributed by atoms with E-state index in [0.717, 1.165) is 5.01 Å². The van der Waals surface area contributed by atoms with Crippen LogP contribution in [0.3, 0.4) is 0 Å². The van der Waals surface area contributed by atoms with E-state index in [1.54, 1.807) is 11.6 Å². The Hall–Kier alpha value is -2.02. The molecule has 0 bridgehead atoms. The number of thiazole rings is 1. The molecule has 0 saturated heterocycles. The van der Waals surface area contributed by atoms with Gasteiger partial charge in [-0.1, -0.05) is 0 Å². The molecule has 0 aromatic carbocycles. The third-order valence-electron chi connectivity index (χ3n) is 1.81. The van der Waals surface area contributed by atoms with Gasteiger partial charge in [-0.15, -0.1) is 11.3 Å². The van der Waals surface area contributed by atoms with Crippen molar-refractivity contribution in [2.45, 2.75) is 6.42 Å². The lowest BCUT2D eigenvalue weighted by atomic mass is 10.3. The monoisotopic (exact) mass is 237 g/mol. The number of nitrogens with zero attached hydrogens (tertiary/aromatic N) is 2. The van der Waals surface area contributed by atoms with E-state index in [0.29, 0.717) is 12.1 Å². The molecule has 0 aliphatic rings. The fourth-order valence-corrected chi connectivity index (χ4v) is 1.83. The Balaban J connectivity index is 2.34. The summed E-state index contributed by atoms with van der Waals surface area (Å²) in [6.07, 6.45) is 2.01. The minimum atomic E-state index is -1.25. The quantitative estimate of drug-likeness (QED) is 0.811. The Kier molecular flexibility index (Phi) is 2.78. The maximum absolute atomic E-state index is 11.2. The number of carboxylic acid groups (broad SMARTS) is 1.